The molecular weight excluding hydrogens is 330 g/mol. The van der Waals surface area contributed by atoms with Gasteiger partial charge in [0.25, 0.3) is 5.91 Å². The lowest BCUT2D eigenvalue weighted by atomic mass is 9.99. The number of para-hydroxylation sites is 1. The lowest BCUT2D eigenvalue weighted by Crippen LogP contribution is -2.35. The van der Waals surface area contributed by atoms with Crippen molar-refractivity contribution in [2.24, 2.45) is 0 Å². The quantitative estimate of drug-likeness (QED) is 0.831. The van der Waals surface area contributed by atoms with E-state index in [2.05, 4.69) is 5.10 Å². The van der Waals surface area contributed by atoms with Gasteiger partial charge in [-0.15, -0.1) is 0 Å². The van der Waals surface area contributed by atoms with Gasteiger partial charge in [-0.05, 0) is 26.8 Å². The summed E-state index contributed by atoms with van der Waals surface area (Å²) < 4.78 is 13.5. The van der Waals surface area contributed by atoms with Crippen LogP contribution < -0.4 is 4.74 Å². The van der Waals surface area contributed by atoms with Gasteiger partial charge in [0.2, 0.25) is 0 Å². The second-order valence-electron chi connectivity index (χ2n) is 7.00. The zero-order chi connectivity index (χ0) is 18.3. The first-order valence-corrected chi connectivity index (χ1v) is 9.33. The summed E-state index contributed by atoms with van der Waals surface area (Å²) in [4.78, 5) is 15.3. The van der Waals surface area contributed by atoms with E-state index >= 15 is 0 Å². The van der Waals surface area contributed by atoms with E-state index in [4.69, 9.17) is 9.47 Å². The molecule has 0 saturated heterocycles. The minimum Gasteiger partial charge on any atom is -0.491 e. The van der Waals surface area contributed by atoms with E-state index in [1.54, 1.807) is 0 Å². The minimum atomic E-state index is -0.0821. The van der Waals surface area contributed by atoms with Crippen molar-refractivity contribution in [2.75, 3.05) is 13.2 Å². The van der Waals surface area contributed by atoms with E-state index in [1.165, 1.54) is 0 Å². The summed E-state index contributed by atoms with van der Waals surface area (Å²) in [5, 5.41) is 4.68. The summed E-state index contributed by atoms with van der Waals surface area (Å²) in [7, 11) is 0. The van der Waals surface area contributed by atoms with Crippen LogP contribution in [0.1, 0.15) is 54.2 Å². The highest BCUT2D eigenvalue weighted by atomic mass is 16.5. The van der Waals surface area contributed by atoms with Crippen molar-refractivity contribution in [1.82, 2.24) is 14.7 Å². The summed E-state index contributed by atoms with van der Waals surface area (Å²) in [6.45, 7) is 8.36. The number of hydrogen-bond acceptors (Lipinski definition) is 4. The number of amides is 1. The molecule has 0 radical (unpaired) electrons. The van der Waals surface area contributed by atoms with Gasteiger partial charge in [-0.1, -0.05) is 18.2 Å². The molecule has 2 aliphatic rings. The van der Waals surface area contributed by atoms with Crippen molar-refractivity contribution in [3.05, 3.63) is 46.8 Å². The normalized spacial score (nSPS) is 22.2. The molecule has 1 amide bonds. The second kappa shape index (κ2) is 6.76. The van der Waals surface area contributed by atoms with Crippen LogP contribution in [0.15, 0.2) is 24.3 Å². The Morgan fingerprint density at radius 1 is 1.31 bits per heavy atom. The lowest BCUT2D eigenvalue weighted by molar-refractivity contribution is -0.00716. The predicted octanol–water partition coefficient (Wildman–Crippen LogP) is 2.96. The fourth-order valence-corrected chi connectivity index (χ4v) is 3.91. The first-order valence-electron chi connectivity index (χ1n) is 9.33. The summed E-state index contributed by atoms with van der Waals surface area (Å²) in [5.41, 5.74) is 3.70. The molecule has 0 N–H and O–H groups in total. The molecule has 0 aliphatic carbocycles. The molecule has 4 rings (SSSR count). The topological polar surface area (TPSA) is 56.6 Å². The van der Waals surface area contributed by atoms with Crippen molar-refractivity contribution in [2.45, 2.75) is 52.5 Å². The molecule has 2 aromatic rings. The number of nitrogens with zero attached hydrogens (tertiary/aromatic N) is 3. The van der Waals surface area contributed by atoms with Crippen molar-refractivity contribution in [1.29, 1.82) is 0 Å². The fourth-order valence-electron chi connectivity index (χ4n) is 3.91. The van der Waals surface area contributed by atoms with Crippen LogP contribution in [0.5, 0.6) is 5.75 Å². The van der Waals surface area contributed by atoms with E-state index < -0.39 is 0 Å². The van der Waals surface area contributed by atoms with E-state index in [0.29, 0.717) is 31.9 Å². The maximum atomic E-state index is 13.5. The van der Waals surface area contributed by atoms with Gasteiger partial charge in [0, 0.05) is 30.6 Å². The van der Waals surface area contributed by atoms with Gasteiger partial charge in [0.15, 0.2) is 0 Å². The third-order valence-electron chi connectivity index (χ3n) is 5.14. The zero-order valence-electron chi connectivity index (χ0n) is 15.6. The van der Waals surface area contributed by atoms with Crippen molar-refractivity contribution in [3.8, 4) is 5.75 Å². The molecule has 0 fully saturated rings. The highest BCUT2D eigenvalue weighted by Crippen LogP contribution is 2.32. The van der Waals surface area contributed by atoms with Gasteiger partial charge < -0.3 is 14.4 Å². The molecule has 6 nitrogen and oxygen atoms in total. The number of fused-ring (bicyclic) bond motifs is 2. The van der Waals surface area contributed by atoms with E-state index in [1.807, 2.05) is 54.6 Å². The Hall–Kier alpha value is -2.34. The van der Waals surface area contributed by atoms with Crippen LogP contribution in [0.4, 0.5) is 0 Å². The first kappa shape index (κ1) is 17.1. The second-order valence-corrected chi connectivity index (χ2v) is 7.00. The molecule has 1 aromatic heterocycles. The Bertz CT molecular complexity index is 830. The number of carbonyl (C=O) groups excluding carboxylic acids is 1. The number of aryl methyl sites for hydroxylation is 1. The molecule has 0 spiro atoms. The minimum absolute atomic E-state index is 0.0298. The molecule has 0 saturated carbocycles. The molecule has 6 heteroatoms. The van der Waals surface area contributed by atoms with Crippen LogP contribution in [0, 0.1) is 0 Å². The molecule has 2 aliphatic heterocycles. The van der Waals surface area contributed by atoms with Gasteiger partial charge in [-0.25, -0.2) is 0 Å². The Morgan fingerprint density at radius 2 is 2.12 bits per heavy atom. The molecule has 2 atom stereocenters. The van der Waals surface area contributed by atoms with Crippen molar-refractivity contribution >= 4 is 5.91 Å². The lowest BCUT2D eigenvalue weighted by Gasteiger charge is -2.26. The monoisotopic (exact) mass is 355 g/mol. The number of ether oxygens (including phenoxy) is 2. The van der Waals surface area contributed by atoms with E-state index in [9.17, 15) is 4.79 Å². The molecule has 3 heterocycles. The number of benzene rings is 1. The summed E-state index contributed by atoms with van der Waals surface area (Å²) in [5.74, 6) is 0.895. The van der Waals surface area contributed by atoms with Gasteiger partial charge in [0.05, 0.1) is 24.4 Å². The Morgan fingerprint density at radius 3 is 2.92 bits per heavy atom. The number of aromatic nitrogens is 2. The van der Waals surface area contributed by atoms with E-state index in [0.717, 1.165) is 29.0 Å². The largest absolute Gasteiger partial charge is 0.491 e. The Kier molecular flexibility index (Phi) is 4.44. The predicted molar refractivity (Wildman–Crippen MR) is 97.2 cm³/mol. The summed E-state index contributed by atoms with van der Waals surface area (Å²) in [6.07, 6.45) is 0.731. The summed E-state index contributed by atoms with van der Waals surface area (Å²) in [6, 6.07) is 7.92. The third-order valence-corrected chi connectivity index (χ3v) is 5.14. The highest BCUT2D eigenvalue weighted by molar-refractivity contribution is 5.94. The molecular formula is C20H25N3O3. The first-order chi connectivity index (χ1) is 12.6. The van der Waals surface area contributed by atoms with Crippen molar-refractivity contribution in [3.63, 3.8) is 0 Å². The molecule has 1 aromatic carbocycles. The zero-order valence-corrected chi connectivity index (χ0v) is 15.6. The van der Waals surface area contributed by atoms with Crippen LogP contribution in [0.25, 0.3) is 0 Å². The maximum Gasteiger partial charge on any atom is 0.272 e. The van der Waals surface area contributed by atoms with E-state index in [-0.39, 0.29) is 18.1 Å². The van der Waals surface area contributed by atoms with Gasteiger partial charge in [0.1, 0.15) is 18.1 Å². The van der Waals surface area contributed by atoms with Crippen molar-refractivity contribution < 1.29 is 14.3 Å². The fraction of sp³-hybridized carbons (Fsp3) is 0.500. The van der Waals surface area contributed by atoms with Crippen LogP contribution >= 0.6 is 0 Å². The van der Waals surface area contributed by atoms with Crippen LogP contribution in [0.2, 0.25) is 0 Å². The third kappa shape index (κ3) is 2.88. The Labute approximate surface area is 153 Å². The SMILES string of the molecule is CCn1nc2c(c1C(=O)N1CCOc3ccccc3C1)C[C@H](C)O[C@@H]2C. The molecule has 0 unspecified atom stereocenters. The Balaban J connectivity index is 1.70. The molecule has 138 valence electrons. The smallest absolute Gasteiger partial charge is 0.272 e. The molecule has 26 heavy (non-hydrogen) atoms. The number of carbonyl (C=O) groups is 1. The average molecular weight is 355 g/mol. The maximum absolute atomic E-state index is 13.5. The number of rotatable bonds is 2. The van der Waals surface area contributed by atoms with Gasteiger partial charge in [-0.3, -0.25) is 9.48 Å². The van der Waals surface area contributed by atoms with Crippen LogP contribution in [-0.2, 0) is 24.2 Å². The average Bonchev–Trinajstić information content (AvgIpc) is 2.86. The van der Waals surface area contributed by atoms with Crippen LogP contribution in [0.3, 0.4) is 0 Å². The van der Waals surface area contributed by atoms with Crippen LogP contribution in [-0.4, -0.2) is 39.8 Å². The summed E-state index contributed by atoms with van der Waals surface area (Å²) >= 11 is 0. The van der Waals surface area contributed by atoms with Gasteiger partial charge in [-0.2, -0.15) is 5.10 Å². The molecule has 0 bridgehead atoms. The standard InChI is InChI=1S/C20H25N3O3/c1-4-23-19(16-11-13(2)26-14(3)18(16)21-23)20(24)22-9-10-25-17-8-6-5-7-15(17)12-22/h5-8,13-14H,4,9-12H2,1-3H3/t13-,14+/m0/s1. The number of hydrogen-bond donors (Lipinski definition) is 0. The highest BCUT2D eigenvalue weighted by Gasteiger charge is 2.34. The van der Waals surface area contributed by atoms with Gasteiger partial charge >= 0.3 is 0 Å².